The van der Waals surface area contributed by atoms with Gasteiger partial charge in [-0.15, -0.1) is 0 Å². The highest BCUT2D eigenvalue weighted by Crippen LogP contribution is 2.36. The number of anilines is 1. The van der Waals surface area contributed by atoms with Gasteiger partial charge in [-0.05, 0) is 35.9 Å². The molecule has 1 aliphatic heterocycles. The van der Waals surface area contributed by atoms with Crippen LogP contribution in [0.25, 0.3) is 16.9 Å². The fourth-order valence-corrected chi connectivity index (χ4v) is 3.24. The van der Waals surface area contributed by atoms with Crippen LogP contribution in [0.5, 0.6) is 17.2 Å². The molecule has 0 aliphatic carbocycles. The quantitative estimate of drug-likeness (QED) is 0.574. The number of benzene rings is 2. The number of fused-ring (bicyclic) bond motifs is 2. The lowest BCUT2D eigenvalue weighted by atomic mass is 10.1. The molecule has 0 atom stereocenters. The second-order valence-corrected chi connectivity index (χ2v) is 6.38. The molecular weight excluding hydrogens is 356 g/mol. The van der Waals surface area contributed by atoms with Gasteiger partial charge in [0.2, 0.25) is 6.79 Å². The highest BCUT2D eigenvalue weighted by Gasteiger charge is 2.16. The number of rotatable bonds is 5. The number of hydrogen-bond acceptors (Lipinski definition) is 6. The van der Waals surface area contributed by atoms with Crippen molar-refractivity contribution >= 4 is 11.5 Å². The van der Waals surface area contributed by atoms with E-state index in [-0.39, 0.29) is 6.79 Å². The molecule has 0 bridgehead atoms. The first-order valence-corrected chi connectivity index (χ1v) is 8.91. The van der Waals surface area contributed by atoms with E-state index in [1.165, 1.54) is 0 Å². The maximum atomic E-state index is 5.49. The van der Waals surface area contributed by atoms with Gasteiger partial charge in [-0.3, -0.25) is 4.40 Å². The summed E-state index contributed by atoms with van der Waals surface area (Å²) < 4.78 is 18.1. The smallest absolute Gasteiger partial charge is 0.231 e. The molecule has 0 amide bonds. The zero-order valence-corrected chi connectivity index (χ0v) is 15.3. The van der Waals surface area contributed by atoms with E-state index in [0.29, 0.717) is 6.54 Å². The van der Waals surface area contributed by atoms with Gasteiger partial charge in [0.15, 0.2) is 23.0 Å². The lowest BCUT2D eigenvalue weighted by Gasteiger charge is -2.09. The molecule has 28 heavy (non-hydrogen) atoms. The predicted molar refractivity (Wildman–Crippen MR) is 105 cm³/mol. The summed E-state index contributed by atoms with van der Waals surface area (Å²) in [5, 5.41) is 3.37. The first kappa shape index (κ1) is 16.4. The molecule has 7 heteroatoms. The Kier molecular flexibility index (Phi) is 3.97. The van der Waals surface area contributed by atoms with Gasteiger partial charge < -0.3 is 19.5 Å². The van der Waals surface area contributed by atoms with E-state index in [4.69, 9.17) is 14.2 Å². The third-order valence-electron chi connectivity index (χ3n) is 4.72. The van der Waals surface area contributed by atoms with Crippen molar-refractivity contribution in [1.29, 1.82) is 0 Å². The fraction of sp³-hybridized carbons (Fsp3) is 0.143. The Labute approximate surface area is 161 Å². The number of nitrogens with one attached hydrogen (secondary N) is 1. The van der Waals surface area contributed by atoms with Crippen molar-refractivity contribution in [3.05, 3.63) is 66.6 Å². The molecule has 140 valence electrons. The van der Waals surface area contributed by atoms with Crippen molar-refractivity contribution in [3.63, 3.8) is 0 Å². The van der Waals surface area contributed by atoms with E-state index in [0.717, 1.165) is 45.5 Å². The lowest BCUT2D eigenvalue weighted by Crippen LogP contribution is -2.04. The highest BCUT2D eigenvalue weighted by atomic mass is 16.7. The Hall–Kier alpha value is -3.74. The molecule has 0 spiro atoms. The minimum atomic E-state index is 0.259. The molecule has 0 saturated heterocycles. The van der Waals surface area contributed by atoms with Crippen LogP contribution in [0.4, 0.5) is 5.82 Å². The van der Waals surface area contributed by atoms with Crippen LogP contribution < -0.4 is 19.5 Å². The maximum Gasteiger partial charge on any atom is 0.231 e. The van der Waals surface area contributed by atoms with E-state index >= 15 is 0 Å². The largest absolute Gasteiger partial charge is 0.497 e. The Morgan fingerprint density at radius 2 is 1.93 bits per heavy atom. The van der Waals surface area contributed by atoms with E-state index in [1.807, 2.05) is 59.3 Å². The minimum Gasteiger partial charge on any atom is -0.497 e. The fourth-order valence-electron chi connectivity index (χ4n) is 3.24. The molecule has 0 saturated carbocycles. The minimum absolute atomic E-state index is 0.259. The van der Waals surface area contributed by atoms with Gasteiger partial charge >= 0.3 is 0 Å². The maximum absolute atomic E-state index is 5.49. The van der Waals surface area contributed by atoms with Crippen molar-refractivity contribution in [2.24, 2.45) is 0 Å². The molecule has 2 aromatic carbocycles. The summed E-state index contributed by atoms with van der Waals surface area (Å²) in [6, 6.07) is 13.8. The zero-order valence-electron chi connectivity index (χ0n) is 15.3. The molecular formula is C21H18N4O3. The molecule has 1 N–H and O–H groups in total. The van der Waals surface area contributed by atoms with Crippen LogP contribution >= 0.6 is 0 Å². The average molecular weight is 374 g/mol. The van der Waals surface area contributed by atoms with E-state index in [9.17, 15) is 0 Å². The Morgan fingerprint density at radius 3 is 2.79 bits per heavy atom. The molecule has 1 aliphatic rings. The number of nitrogens with zero attached hydrogens (tertiary/aromatic N) is 3. The predicted octanol–water partition coefficient (Wildman–Crippen LogP) is 3.75. The van der Waals surface area contributed by atoms with Gasteiger partial charge in [0.25, 0.3) is 0 Å². The Balaban J connectivity index is 1.43. The first-order chi connectivity index (χ1) is 13.8. The van der Waals surface area contributed by atoms with Gasteiger partial charge in [0, 0.05) is 24.5 Å². The van der Waals surface area contributed by atoms with Crippen LogP contribution in [0, 0.1) is 0 Å². The average Bonchev–Trinajstić information content (AvgIpc) is 3.39. The van der Waals surface area contributed by atoms with E-state index in [1.54, 1.807) is 13.3 Å². The molecule has 0 fully saturated rings. The summed E-state index contributed by atoms with van der Waals surface area (Å²) in [5.74, 6) is 3.08. The van der Waals surface area contributed by atoms with Crippen molar-refractivity contribution in [2.45, 2.75) is 6.54 Å². The zero-order chi connectivity index (χ0) is 18.9. The highest BCUT2D eigenvalue weighted by molar-refractivity contribution is 5.72. The van der Waals surface area contributed by atoms with Crippen LogP contribution in [0.15, 0.2) is 61.1 Å². The molecule has 2 aromatic heterocycles. The van der Waals surface area contributed by atoms with Gasteiger partial charge in [0.1, 0.15) is 5.75 Å². The molecule has 0 unspecified atom stereocenters. The third kappa shape index (κ3) is 2.87. The van der Waals surface area contributed by atoms with Crippen LogP contribution in [-0.2, 0) is 6.54 Å². The normalized spacial score (nSPS) is 12.3. The summed E-state index contributed by atoms with van der Waals surface area (Å²) >= 11 is 0. The van der Waals surface area contributed by atoms with Crippen molar-refractivity contribution in [1.82, 2.24) is 14.4 Å². The van der Waals surface area contributed by atoms with Crippen molar-refractivity contribution in [3.8, 4) is 28.5 Å². The number of methoxy groups -OCH3 is 1. The van der Waals surface area contributed by atoms with Gasteiger partial charge in [-0.1, -0.05) is 12.1 Å². The molecule has 4 aromatic rings. The first-order valence-electron chi connectivity index (χ1n) is 8.91. The summed E-state index contributed by atoms with van der Waals surface area (Å²) in [6.45, 7) is 0.901. The van der Waals surface area contributed by atoms with Crippen LogP contribution in [0.3, 0.4) is 0 Å². The molecule has 3 heterocycles. The second kappa shape index (κ2) is 6.77. The lowest BCUT2D eigenvalue weighted by molar-refractivity contribution is 0.174. The molecule has 0 radical (unpaired) electrons. The number of imidazole rings is 1. The SMILES string of the molecule is COc1ccc(CNc2nccn3c(-c4ccc5c(c4)OCO5)cnc23)cc1. The van der Waals surface area contributed by atoms with E-state index < -0.39 is 0 Å². The summed E-state index contributed by atoms with van der Waals surface area (Å²) in [6.07, 6.45) is 5.51. The van der Waals surface area contributed by atoms with Gasteiger partial charge in [-0.2, -0.15) is 0 Å². The summed E-state index contributed by atoms with van der Waals surface area (Å²) in [4.78, 5) is 9.03. The topological polar surface area (TPSA) is 69.9 Å². The Bertz CT molecular complexity index is 1140. The molecule has 7 nitrogen and oxygen atoms in total. The van der Waals surface area contributed by atoms with Crippen LogP contribution in [0.2, 0.25) is 0 Å². The molecule has 5 rings (SSSR count). The van der Waals surface area contributed by atoms with Crippen molar-refractivity contribution < 1.29 is 14.2 Å². The number of ether oxygens (including phenoxy) is 3. The summed E-state index contributed by atoms with van der Waals surface area (Å²) in [5.41, 5.74) is 3.86. The van der Waals surface area contributed by atoms with Gasteiger partial charge in [-0.25, -0.2) is 9.97 Å². The second-order valence-electron chi connectivity index (χ2n) is 6.38. The standard InChI is InChI=1S/C21H18N4O3/c1-26-16-5-2-14(3-6-16)11-23-20-21-24-12-17(25(21)9-8-22-20)15-4-7-18-19(10-15)28-13-27-18/h2-10,12H,11,13H2,1H3,(H,22,23). The summed E-state index contributed by atoms with van der Waals surface area (Å²) in [7, 11) is 1.66. The number of aromatic nitrogens is 3. The third-order valence-corrected chi connectivity index (χ3v) is 4.72. The van der Waals surface area contributed by atoms with Crippen molar-refractivity contribution in [2.75, 3.05) is 19.2 Å². The monoisotopic (exact) mass is 374 g/mol. The van der Waals surface area contributed by atoms with Gasteiger partial charge in [0.05, 0.1) is 19.0 Å². The van der Waals surface area contributed by atoms with Crippen LogP contribution in [0.1, 0.15) is 5.56 Å². The number of hydrogen-bond donors (Lipinski definition) is 1. The van der Waals surface area contributed by atoms with E-state index in [2.05, 4.69) is 15.3 Å². The van der Waals surface area contributed by atoms with Crippen LogP contribution in [-0.4, -0.2) is 28.3 Å². The Morgan fingerprint density at radius 1 is 1.07 bits per heavy atom.